The van der Waals surface area contributed by atoms with Crippen molar-refractivity contribution in [1.29, 1.82) is 0 Å². The maximum atomic E-state index is 13.4. The average Bonchev–Trinajstić information content (AvgIpc) is 3.55. The van der Waals surface area contributed by atoms with E-state index in [4.69, 9.17) is 10.5 Å². The molecule has 2 aromatic carbocycles. The van der Waals surface area contributed by atoms with Gasteiger partial charge in [0.05, 0.1) is 19.1 Å². The molecule has 0 heterocycles. The lowest BCUT2D eigenvalue weighted by atomic mass is 9.94. The smallest absolute Gasteiger partial charge is 0.416 e. The minimum Gasteiger partial charge on any atom is -0.496 e. The van der Waals surface area contributed by atoms with Gasteiger partial charge in [-0.15, -0.1) is 0 Å². The Morgan fingerprint density at radius 1 is 1.13 bits per heavy atom. The number of ether oxygens (including phenoxy) is 1. The predicted octanol–water partition coefficient (Wildman–Crippen LogP) is 4.17. The highest BCUT2D eigenvalue weighted by Crippen LogP contribution is 2.38. The standard InChI is InChI=1S/C23H25F3N2O3/c1-3-28(22(30)15-5-6-15)13-16-12-17(23(24,25)26)7-8-18(16)19-10-14(11-21(27)29)4-9-20(19)31-2/h4,7-10,12,15H,3,5-6,11,13H2,1-2H3,(H2,27,29). The molecular weight excluding hydrogens is 409 g/mol. The Kier molecular flexibility index (Phi) is 6.57. The van der Waals surface area contributed by atoms with Crippen LogP contribution in [0.3, 0.4) is 0 Å². The van der Waals surface area contributed by atoms with Crippen LogP contribution >= 0.6 is 0 Å². The Balaban J connectivity index is 2.10. The van der Waals surface area contributed by atoms with Gasteiger partial charge in [0.15, 0.2) is 0 Å². The highest BCUT2D eigenvalue weighted by Gasteiger charge is 2.34. The number of nitrogens with two attached hydrogens (primary N) is 1. The van der Waals surface area contributed by atoms with Crippen molar-refractivity contribution < 1.29 is 27.5 Å². The van der Waals surface area contributed by atoms with E-state index in [0.717, 1.165) is 25.0 Å². The molecule has 2 amide bonds. The van der Waals surface area contributed by atoms with Crippen LogP contribution in [-0.2, 0) is 28.7 Å². The van der Waals surface area contributed by atoms with E-state index in [1.165, 1.54) is 13.2 Å². The molecule has 2 N–H and O–H groups in total. The van der Waals surface area contributed by atoms with E-state index in [1.807, 2.05) is 6.92 Å². The van der Waals surface area contributed by atoms with Gasteiger partial charge in [-0.1, -0.05) is 12.1 Å². The molecule has 8 heteroatoms. The van der Waals surface area contributed by atoms with E-state index in [-0.39, 0.29) is 24.8 Å². The van der Waals surface area contributed by atoms with Gasteiger partial charge in [0, 0.05) is 24.6 Å². The molecule has 3 rings (SSSR count). The Morgan fingerprint density at radius 3 is 2.39 bits per heavy atom. The fourth-order valence-electron chi connectivity index (χ4n) is 3.58. The van der Waals surface area contributed by atoms with Crippen molar-refractivity contribution in [3.63, 3.8) is 0 Å². The van der Waals surface area contributed by atoms with Gasteiger partial charge < -0.3 is 15.4 Å². The van der Waals surface area contributed by atoms with E-state index in [0.29, 0.717) is 34.5 Å². The van der Waals surface area contributed by atoms with Crippen molar-refractivity contribution in [2.75, 3.05) is 13.7 Å². The third kappa shape index (κ3) is 5.37. The number of carbonyl (C=O) groups excluding carboxylic acids is 2. The highest BCUT2D eigenvalue weighted by atomic mass is 19.4. The number of rotatable bonds is 8. The van der Waals surface area contributed by atoms with Crippen LogP contribution in [0.2, 0.25) is 0 Å². The maximum absolute atomic E-state index is 13.4. The van der Waals surface area contributed by atoms with Crippen LogP contribution in [0.5, 0.6) is 5.75 Å². The minimum atomic E-state index is -4.51. The molecule has 1 aliphatic rings. The lowest BCUT2D eigenvalue weighted by Gasteiger charge is -2.24. The molecule has 0 radical (unpaired) electrons. The summed E-state index contributed by atoms with van der Waals surface area (Å²) in [5.74, 6) is -0.148. The number of nitrogens with zero attached hydrogens (tertiary/aromatic N) is 1. The number of primary amides is 1. The Bertz CT molecular complexity index is 985. The first kappa shape index (κ1) is 22.7. The topological polar surface area (TPSA) is 72.6 Å². The number of hydrogen-bond acceptors (Lipinski definition) is 3. The number of hydrogen-bond donors (Lipinski definition) is 1. The van der Waals surface area contributed by atoms with Crippen molar-refractivity contribution in [3.8, 4) is 16.9 Å². The fourth-order valence-corrected chi connectivity index (χ4v) is 3.58. The quantitative estimate of drug-likeness (QED) is 0.678. The molecular formula is C23H25F3N2O3. The zero-order chi connectivity index (χ0) is 22.8. The van der Waals surface area contributed by atoms with Crippen molar-refractivity contribution in [1.82, 2.24) is 4.90 Å². The summed E-state index contributed by atoms with van der Waals surface area (Å²) in [6, 6.07) is 8.51. The molecule has 1 fully saturated rings. The van der Waals surface area contributed by atoms with Crippen molar-refractivity contribution in [2.24, 2.45) is 11.7 Å². The molecule has 1 aliphatic carbocycles. The highest BCUT2D eigenvalue weighted by molar-refractivity contribution is 5.82. The normalized spacial score (nSPS) is 13.7. The van der Waals surface area contributed by atoms with Gasteiger partial charge in [0.2, 0.25) is 11.8 Å². The summed E-state index contributed by atoms with van der Waals surface area (Å²) in [6.07, 6.45) is -2.89. The summed E-state index contributed by atoms with van der Waals surface area (Å²) in [5, 5.41) is 0. The van der Waals surface area contributed by atoms with Gasteiger partial charge in [-0.25, -0.2) is 0 Å². The Hall–Kier alpha value is -3.03. The van der Waals surface area contributed by atoms with E-state index in [1.54, 1.807) is 23.1 Å². The predicted molar refractivity (Wildman–Crippen MR) is 110 cm³/mol. The second-order valence-electron chi connectivity index (χ2n) is 7.67. The minimum absolute atomic E-state index is 0.00574. The zero-order valence-electron chi connectivity index (χ0n) is 17.5. The molecule has 0 unspecified atom stereocenters. The second-order valence-corrected chi connectivity index (χ2v) is 7.67. The monoisotopic (exact) mass is 434 g/mol. The summed E-state index contributed by atoms with van der Waals surface area (Å²) < 4.78 is 45.7. The lowest BCUT2D eigenvalue weighted by molar-refractivity contribution is -0.137. The molecule has 5 nitrogen and oxygen atoms in total. The number of amides is 2. The molecule has 0 spiro atoms. The van der Waals surface area contributed by atoms with Crippen LogP contribution in [0.4, 0.5) is 13.2 Å². The molecule has 0 aliphatic heterocycles. The molecule has 0 saturated heterocycles. The molecule has 1 saturated carbocycles. The number of alkyl halides is 3. The number of benzene rings is 2. The van der Waals surface area contributed by atoms with Gasteiger partial charge >= 0.3 is 6.18 Å². The van der Waals surface area contributed by atoms with Crippen molar-refractivity contribution in [3.05, 3.63) is 53.1 Å². The largest absolute Gasteiger partial charge is 0.496 e. The number of methoxy groups -OCH3 is 1. The van der Waals surface area contributed by atoms with Gasteiger partial charge in [-0.2, -0.15) is 13.2 Å². The zero-order valence-corrected chi connectivity index (χ0v) is 17.5. The molecule has 2 aromatic rings. The summed E-state index contributed by atoms with van der Waals surface area (Å²) >= 11 is 0. The van der Waals surface area contributed by atoms with Gasteiger partial charge in [0.1, 0.15) is 5.75 Å². The lowest BCUT2D eigenvalue weighted by Crippen LogP contribution is -2.31. The second kappa shape index (κ2) is 8.99. The summed E-state index contributed by atoms with van der Waals surface area (Å²) in [5.41, 5.74) is 6.55. The van der Waals surface area contributed by atoms with E-state index in [2.05, 4.69) is 0 Å². The van der Waals surface area contributed by atoms with E-state index in [9.17, 15) is 22.8 Å². The van der Waals surface area contributed by atoms with Crippen LogP contribution in [-0.4, -0.2) is 30.4 Å². The fraction of sp³-hybridized carbons (Fsp3) is 0.391. The SMILES string of the molecule is CCN(Cc1cc(C(F)(F)F)ccc1-c1cc(CC(N)=O)ccc1OC)C(=O)C1CC1. The summed E-state index contributed by atoms with van der Waals surface area (Å²) in [6.45, 7) is 2.25. The summed E-state index contributed by atoms with van der Waals surface area (Å²) in [4.78, 5) is 25.5. The molecule has 166 valence electrons. The number of halogens is 3. The van der Waals surface area contributed by atoms with E-state index < -0.39 is 17.6 Å². The van der Waals surface area contributed by atoms with Crippen molar-refractivity contribution >= 4 is 11.8 Å². The van der Waals surface area contributed by atoms with Gasteiger partial charge in [-0.3, -0.25) is 9.59 Å². The van der Waals surface area contributed by atoms with Crippen LogP contribution in [0.25, 0.3) is 11.1 Å². The number of carbonyl (C=O) groups is 2. The maximum Gasteiger partial charge on any atom is 0.416 e. The van der Waals surface area contributed by atoms with Crippen LogP contribution in [0, 0.1) is 5.92 Å². The molecule has 0 bridgehead atoms. The first-order valence-electron chi connectivity index (χ1n) is 10.1. The molecule has 0 aromatic heterocycles. The van der Waals surface area contributed by atoms with Gasteiger partial charge in [0.25, 0.3) is 0 Å². The Labute approximate surface area is 179 Å². The van der Waals surface area contributed by atoms with Crippen molar-refractivity contribution in [2.45, 2.75) is 38.9 Å². The Morgan fingerprint density at radius 2 is 1.84 bits per heavy atom. The third-order valence-electron chi connectivity index (χ3n) is 5.35. The van der Waals surface area contributed by atoms with Gasteiger partial charge in [-0.05, 0) is 60.7 Å². The van der Waals surface area contributed by atoms with Crippen LogP contribution in [0.1, 0.15) is 36.5 Å². The third-order valence-corrected chi connectivity index (χ3v) is 5.35. The molecule has 0 atom stereocenters. The first-order chi connectivity index (χ1) is 14.6. The average molecular weight is 434 g/mol. The van der Waals surface area contributed by atoms with E-state index >= 15 is 0 Å². The molecule has 31 heavy (non-hydrogen) atoms. The summed E-state index contributed by atoms with van der Waals surface area (Å²) in [7, 11) is 1.46. The first-order valence-corrected chi connectivity index (χ1v) is 10.1. The van der Waals surface area contributed by atoms with Crippen LogP contribution < -0.4 is 10.5 Å². The van der Waals surface area contributed by atoms with Crippen LogP contribution in [0.15, 0.2) is 36.4 Å².